The van der Waals surface area contributed by atoms with Crippen LogP contribution in [0.15, 0.2) is 40.7 Å². The van der Waals surface area contributed by atoms with E-state index in [0.717, 1.165) is 5.69 Å². The molecule has 0 N–H and O–H groups in total. The number of aryl methyl sites for hydroxylation is 1. The molecule has 0 radical (unpaired) electrons. The van der Waals surface area contributed by atoms with Crippen molar-refractivity contribution in [3.63, 3.8) is 0 Å². The van der Waals surface area contributed by atoms with Crippen LogP contribution in [0.1, 0.15) is 16.0 Å². The number of rotatable bonds is 3. The fraction of sp³-hybridized carbons (Fsp3) is 0.200. The number of thiophene rings is 1. The molecule has 18 heavy (non-hydrogen) atoms. The van der Waals surface area contributed by atoms with Gasteiger partial charge in [-0.05, 0) is 36.7 Å². The van der Waals surface area contributed by atoms with E-state index in [1.54, 1.807) is 11.3 Å². The van der Waals surface area contributed by atoms with Crippen LogP contribution < -0.4 is 0 Å². The molecule has 0 amide bonds. The summed E-state index contributed by atoms with van der Waals surface area (Å²) < 4.78 is 2.14. The Labute approximate surface area is 112 Å². The van der Waals surface area contributed by atoms with Crippen molar-refractivity contribution >= 4 is 29.5 Å². The summed E-state index contributed by atoms with van der Waals surface area (Å²) in [6, 6.07) is 10.4. The Bertz CT molecular complexity index is 604. The Morgan fingerprint density at radius 2 is 1.94 bits per heavy atom. The molecule has 0 saturated heterocycles. The van der Waals surface area contributed by atoms with E-state index in [4.69, 9.17) is 0 Å². The molecule has 1 aromatic heterocycles. The van der Waals surface area contributed by atoms with Crippen molar-refractivity contribution in [3.8, 4) is 0 Å². The van der Waals surface area contributed by atoms with Gasteiger partial charge in [-0.3, -0.25) is 4.99 Å². The number of benzene rings is 1. The largest absolute Gasteiger partial charge is 0.263 e. The number of nitrogens with zero attached hydrogens (tertiary/aromatic N) is 2. The number of aliphatic imine (C=N–C) groups is 1. The Morgan fingerprint density at radius 1 is 1.22 bits per heavy atom. The maximum absolute atomic E-state index is 4.10. The standard InChI is InChI=1S/C15H17N2S/c1-11-7-5-6-8-12(11)14(17(3)4)15-13(16-2)9-10-18-15/h5-10H,2H2,1,3-4H3/q+1. The summed E-state index contributed by atoms with van der Waals surface area (Å²) in [5, 5.41) is 2.06. The lowest BCUT2D eigenvalue weighted by atomic mass is 10.0. The van der Waals surface area contributed by atoms with Crippen molar-refractivity contribution in [3.05, 3.63) is 51.7 Å². The maximum Gasteiger partial charge on any atom is 0.226 e. The predicted molar refractivity (Wildman–Crippen MR) is 80.0 cm³/mol. The molecule has 0 saturated carbocycles. The van der Waals surface area contributed by atoms with E-state index in [-0.39, 0.29) is 0 Å². The van der Waals surface area contributed by atoms with Crippen molar-refractivity contribution in [2.75, 3.05) is 14.1 Å². The van der Waals surface area contributed by atoms with Gasteiger partial charge in [0.05, 0.1) is 11.3 Å². The van der Waals surface area contributed by atoms with E-state index in [2.05, 4.69) is 67.0 Å². The summed E-state index contributed by atoms with van der Waals surface area (Å²) in [5.41, 5.74) is 4.66. The van der Waals surface area contributed by atoms with E-state index >= 15 is 0 Å². The van der Waals surface area contributed by atoms with Gasteiger partial charge >= 0.3 is 0 Å². The first-order chi connectivity index (χ1) is 8.65. The van der Waals surface area contributed by atoms with Crippen LogP contribution in [0.5, 0.6) is 0 Å². The zero-order valence-electron chi connectivity index (χ0n) is 11.0. The van der Waals surface area contributed by atoms with Crippen molar-refractivity contribution in [2.45, 2.75) is 6.92 Å². The topological polar surface area (TPSA) is 15.4 Å². The van der Waals surface area contributed by atoms with Gasteiger partial charge in [-0.2, -0.15) is 0 Å². The van der Waals surface area contributed by atoms with E-state index < -0.39 is 0 Å². The van der Waals surface area contributed by atoms with E-state index in [0.29, 0.717) is 0 Å². The molecule has 0 atom stereocenters. The molecule has 0 aliphatic carbocycles. The third-order valence-corrected chi connectivity index (χ3v) is 3.79. The molecule has 0 fully saturated rings. The molecule has 0 unspecified atom stereocenters. The molecule has 0 aliphatic heterocycles. The molecule has 1 heterocycles. The minimum Gasteiger partial charge on any atom is -0.263 e. The summed E-state index contributed by atoms with van der Waals surface area (Å²) in [4.78, 5) is 5.27. The van der Waals surface area contributed by atoms with Gasteiger partial charge in [0, 0.05) is 0 Å². The second-order valence-electron chi connectivity index (χ2n) is 4.35. The van der Waals surface area contributed by atoms with E-state index in [1.807, 2.05) is 6.07 Å². The van der Waals surface area contributed by atoms with Gasteiger partial charge in [-0.1, -0.05) is 18.2 Å². The van der Waals surface area contributed by atoms with Crippen LogP contribution in [-0.4, -0.2) is 31.1 Å². The van der Waals surface area contributed by atoms with Crippen molar-refractivity contribution in [2.24, 2.45) is 4.99 Å². The lowest BCUT2D eigenvalue weighted by Gasteiger charge is -2.06. The molecule has 92 valence electrons. The summed E-state index contributed by atoms with van der Waals surface area (Å²) in [6.07, 6.45) is 0. The van der Waals surface area contributed by atoms with Gasteiger partial charge in [0.1, 0.15) is 19.0 Å². The van der Waals surface area contributed by atoms with Crippen LogP contribution in [-0.2, 0) is 0 Å². The Morgan fingerprint density at radius 3 is 2.56 bits per heavy atom. The van der Waals surface area contributed by atoms with Crippen LogP contribution in [0.3, 0.4) is 0 Å². The number of hydrogen-bond acceptors (Lipinski definition) is 2. The van der Waals surface area contributed by atoms with Gasteiger partial charge in [-0.15, -0.1) is 11.3 Å². The van der Waals surface area contributed by atoms with Crippen LogP contribution in [0.2, 0.25) is 0 Å². The maximum atomic E-state index is 4.10. The van der Waals surface area contributed by atoms with Crippen molar-refractivity contribution in [1.29, 1.82) is 0 Å². The fourth-order valence-electron chi connectivity index (χ4n) is 2.01. The van der Waals surface area contributed by atoms with Crippen LogP contribution in [0.4, 0.5) is 5.69 Å². The minimum atomic E-state index is 0.951. The zero-order valence-corrected chi connectivity index (χ0v) is 11.8. The first-order valence-corrected chi connectivity index (χ1v) is 6.68. The van der Waals surface area contributed by atoms with E-state index in [9.17, 15) is 0 Å². The van der Waals surface area contributed by atoms with Gasteiger partial charge in [0.2, 0.25) is 5.71 Å². The second kappa shape index (κ2) is 5.27. The normalized spacial score (nSPS) is 10.2. The molecule has 0 bridgehead atoms. The monoisotopic (exact) mass is 257 g/mol. The van der Waals surface area contributed by atoms with E-state index in [1.165, 1.54) is 21.7 Å². The SMILES string of the molecule is C=Nc1ccsc1C(c1ccccc1C)=[N+](C)C. The third-order valence-electron chi connectivity index (χ3n) is 2.88. The van der Waals surface area contributed by atoms with Crippen molar-refractivity contribution < 1.29 is 4.58 Å². The quantitative estimate of drug-likeness (QED) is 0.591. The molecule has 3 heteroatoms. The smallest absolute Gasteiger partial charge is 0.226 e. The lowest BCUT2D eigenvalue weighted by Crippen LogP contribution is -2.16. The first kappa shape index (κ1) is 12.7. The van der Waals surface area contributed by atoms with Gasteiger partial charge in [-0.25, -0.2) is 4.58 Å². The highest BCUT2D eigenvalue weighted by Crippen LogP contribution is 2.28. The average molecular weight is 257 g/mol. The second-order valence-corrected chi connectivity index (χ2v) is 5.27. The average Bonchev–Trinajstić information content (AvgIpc) is 2.79. The third kappa shape index (κ3) is 2.27. The highest BCUT2D eigenvalue weighted by molar-refractivity contribution is 7.13. The fourth-order valence-corrected chi connectivity index (χ4v) is 3.00. The lowest BCUT2D eigenvalue weighted by molar-refractivity contribution is -0.463. The molecule has 1 aromatic carbocycles. The Kier molecular flexibility index (Phi) is 3.72. The molecular weight excluding hydrogens is 240 g/mol. The minimum absolute atomic E-state index is 0.951. The molecule has 2 aromatic rings. The van der Waals surface area contributed by atoms with Crippen LogP contribution in [0, 0.1) is 6.92 Å². The zero-order chi connectivity index (χ0) is 13.1. The van der Waals surface area contributed by atoms with Crippen LogP contribution in [0.25, 0.3) is 0 Å². The number of hydrogen-bond donors (Lipinski definition) is 0. The molecule has 2 rings (SSSR count). The van der Waals surface area contributed by atoms with Crippen molar-refractivity contribution in [1.82, 2.24) is 0 Å². The molecule has 2 nitrogen and oxygen atoms in total. The molecule has 0 aliphatic rings. The summed E-state index contributed by atoms with van der Waals surface area (Å²) in [6.45, 7) is 5.78. The Hall–Kier alpha value is -1.74. The molecular formula is C15H17N2S+. The predicted octanol–water partition coefficient (Wildman–Crippen LogP) is 3.50. The highest BCUT2D eigenvalue weighted by atomic mass is 32.1. The van der Waals surface area contributed by atoms with Gasteiger partial charge in [0.15, 0.2) is 0 Å². The first-order valence-electron chi connectivity index (χ1n) is 5.80. The van der Waals surface area contributed by atoms with Crippen LogP contribution >= 0.6 is 11.3 Å². The van der Waals surface area contributed by atoms with Gasteiger partial charge < -0.3 is 0 Å². The summed E-state index contributed by atoms with van der Waals surface area (Å²) in [7, 11) is 4.13. The summed E-state index contributed by atoms with van der Waals surface area (Å²) >= 11 is 1.70. The highest BCUT2D eigenvalue weighted by Gasteiger charge is 2.21. The molecule has 0 spiro atoms. The Balaban J connectivity index is 2.67. The van der Waals surface area contributed by atoms with Gasteiger partial charge in [0.25, 0.3) is 0 Å². The summed E-state index contributed by atoms with van der Waals surface area (Å²) in [5.74, 6) is 0.